The Hall–Kier alpha value is -0.560. The van der Waals surface area contributed by atoms with Crippen LogP contribution in [0.2, 0.25) is 0 Å². The molecule has 1 N–H and O–H groups in total. The second-order valence-corrected chi connectivity index (χ2v) is 2.52. The molecule has 11 heavy (non-hydrogen) atoms. The van der Waals surface area contributed by atoms with Crippen molar-refractivity contribution in [1.29, 1.82) is 0 Å². The number of rotatable bonds is 4. The van der Waals surface area contributed by atoms with Gasteiger partial charge in [-0.1, -0.05) is 5.92 Å². The molecule has 0 saturated carbocycles. The van der Waals surface area contributed by atoms with E-state index in [1.165, 1.54) is 21.1 Å². The summed E-state index contributed by atoms with van der Waals surface area (Å²) in [7, 11) is 3.00. The fraction of sp³-hybridized carbons (Fsp3) is 0.750. The Kier molecular flexibility index (Phi) is 4.12. The number of ether oxygens (including phenoxy) is 2. The maximum atomic E-state index is 9.36. The fourth-order valence-electron chi connectivity index (χ4n) is 0.646. The van der Waals surface area contributed by atoms with E-state index in [-0.39, 0.29) is 6.42 Å². The van der Waals surface area contributed by atoms with Gasteiger partial charge in [-0.05, 0) is 6.92 Å². The summed E-state index contributed by atoms with van der Waals surface area (Å²) in [5.74, 6) is 2.24. The SMILES string of the molecule is C#CC(C)(O)CC(OC)OC. The van der Waals surface area contributed by atoms with Gasteiger partial charge in [0.2, 0.25) is 0 Å². The van der Waals surface area contributed by atoms with Crippen LogP contribution in [0.25, 0.3) is 0 Å². The number of methoxy groups -OCH3 is 2. The van der Waals surface area contributed by atoms with Gasteiger partial charge in [-0.25, -0.2) is 0 Å². The van der Waals surface area contributed by atoms with E-state index in [2.05, 4.69) is 5.92 Å². The molecule has 0 aliphatic rings. The summed E-state index contributed by atoms with van der Waals surface area (Å²) >= 11 is 0. The molecule has 0 saturated heterocycles. The predicted molar refractivity (Wildman–Crippen MR) is 41.9 cm³/mol. The molecule has 0 rings (SSSR count). The van der Waals surface area contributed by atoms with Crippen LogP contribution >= 0.6 is 0 Å². The van der Waals surface area contributed by atoms with Crippen molar-refractivity contribution >= 4 is 0 Å². The summed E-state index contributed by atoms with van der Waals surface area (Å²) in [5, 5.41) is 9.36. The zero-order valence-corrected chi connectivity index (χ0v) is 7.13. The summed E-state index contributed by atoms with van der Waals surface area (Å²) in [6.45, 7) is 1.54. The first-order valence-corrected chi connectivity index (χ1v) is 3.31. The van der Waals surface area contributed by atoms with Crippen LogP contribution < -0.4 is 0 Å². The molecular formula is C8H14O3. The van der Waals surface area contributed by atoms with Crippen molar-refractivity contribution in [3.05, 3.63) is 0 Å². The standard InChI is InChI=1S/C8H14O3/c1-5-8(2,9)6-7(10-3)11-4/h1,7,9H,6H2,2-4H3. The van der Waals surface area contributed by atoms with Crippen LogP contribution in [0.5, 0.6) is 0 Å². The van der Waals surface area contributed by atoms with Gasteiger partial charge in [-0.15, -0.1) is 6.42 Å². The van der Waals surface area contributed by atoms with Gasteiger partial charge >= 0.3 is 0 Å². The average molecular weight is 158 g/mol. The lowest BCUT2D eigenvalue weighted by Gasteiger charge is -2.21. The monoisotopic (exact) mass is 158 g/mol. The molecule has 0 bridgehead atoms. The van der Waals surface area contributed by atoms with Crippen LogP contribution in [0.15, 0.2) is 0 Å². The van der Waals surface area contributed by atoms with Crippen molar-refractivity contribution in [2.75, 3.05) is 14.2 Å². The third-order valence-corrected chi connectivity index (χ3v) is 1.40. The topological polar surface area (TPSA) is 38.7 Å². The molecule has 0 radical (unpaired) electrons. The van der Waals surface area contributed by atoms with Gasteiger partial charge in [-0.2, -0.15) is 0 Å². The molecule has 3 heteroatoms. The predicted octanol–water partition coefficient (Wildman–Crippen LogP) is 0.380. The first-order chi connectivity index (χ1) is 5.05. The maximum absolute atomic E-state index is 9.36. The zero-order valence-electron chi connectivity index (χ0n) is 7.13. The first-order valence-electron chi connectivity index (χ1n) is 3.31. The molecule has 1 unspecified atom stereocenters. The highest BCUT2D eigenvalue weighted by Gasteiger charge is 2.22. The summed E-state index contributed by atoms with van der Waals surface area (Å²) in [6.07, 6.45) is 4.88. The molecule has 0 aliphatic heterocycles. The molecular weight excluding hydrogens is 144 g/mol. The second-order valence-electron chi connectivity index (χ2n) is 2.52. The highest BCUT2D eigenvalue weighted by Crippen LogP contribution is 2.12. The Bertz CT molecular complexity index is 142. The fourth-order valence-corrected chi connectivity index (χ4v) is 0.646. The van der Waals surface area contributed by atoms with Crippen molar-refractivity contribution in [2.45, 2.75) is 25.2 Å². The molecule has 0 aromatic rings. The Balaban J connectivity index is 3.92. The quantitative estimate of drug-likeness (QED) is 0.475. The highest BCUT2D eigenvalue weighted by atomic mass is 16.7. The van der Waals surface area contributed by atoms with Crippen LogP contribution in [0.1, 0.15) is 13.3 Å². The molecule has 0 aromatic heterocycles. The minimum atomic E-state index is -1.16. The first kappa shape index (κ1) is 10.4. The van der Waals surface area contributed by atoms with Crippen LogP contribution in [-0.4, -0.2) is 31.2 Å². The summed E-state index contributed by atoms with van der Waals surface area (Å²) in [5.41, 5.74) is -1.16. The van der Waals surface area contributed by atoms with E-state index >= 15 is 0 Å². The number of hydrogen-bond acceptors (Lipinski definition) is 3. The van der Waals surface area contributed by atoms with Crippen LogP contribution in [-0.2, 0) is 9.47 Å². The molecule has 64 valence electrons. The molecule has 3 nitrogen and oxygen atoms in total. The van der Waals surface area contributed by atoms with Gasteiger partial charge in [0, 0.05) is 20.6 Å². The van der Waals surface area contributed by atoms with Gasteiger partial charge in [-0.3, -0.25) is 0 Å². The van der Waals surface area contributed by atoms with Crippen molar-refractivity contribution < 1.29 is 14.6 Å². The highest BCUT2D eigenvalue weighted by molar-refractivity contribution is 5.04. The van der Waals surface area contributed by atoms with Crippen LogP contribution in [0.4, 0.5) is 0 Å². The molecule has 0 aromatic carbocycles. The lowest BCUT2D eigenvalue weighted by molar-refractivity contribution is -0.129. The average Bonchev–Trinajstić information content (AvgIpc) is 2.00. The molecule has 0 aliphatic carbocycles. The second kappa shape index (κ2) is 4.35. The largest absolute Gasteiger partial charge is 0.378 e. The molecule has 0 amide bonds. The van der Waals surface area contributed by atoms with Gasteiger partial charge in [0.15, 0.2) is 6.29 Å². The third kappa shape index (κ3) is 3.99. The lowest BCUT2D eigenvalue weighted by Crippen LogP contribution is -2.30. The van der Waals surface area contributed by atoms with E-state index in [1.54, 1.807) is 0 Å². The Morgan fingerprint density at radius 1 is 1.55 bits per heavy atom. The van der Waals surface area contributed by atoms with E-state index in [0.29, 0.717) is 0 Å². The van der Waals surface area contributed by atoms with Gasteiger partial charge in [0.1, 0.15) is 5.60 Å². The Labute approximate surface area is 67.3 Å². The molecule has 0 heterocycles. The number of aliphatic hydroxyl groups is 1. The van der Waals surface area contributed by atoms with E-state index in [1.807, 2.05) is 0 Å². The van der Waals surface area contributed by atoms with Gasteiger partial charge in [0.05, 0.1) is 0 Å². The summed E-state index contributed by atoms with van der Waals surface area (Å²) < 4.78 is 9.72. The van der Waals surface area contributed by atoms with Crippen molar-refractivity contribution in [3.63, 3.8) is 0 Å². The lowest BCUT2D eigenvalue weighted by atomic mass is 10.0. The van der Waals surface area contributed by atoms with Crippen LogP contribution in [0, 0.1) is 12.3 Å². The van der Waals surface area contributed by atoms with E-state index in [9.17, 15) is 5.11 Å². The number of terminal acetylenes is 1. The van der Waals surface area contributed by atoms with Crippen molar-refractivity contribution in [1.82, 2.24) is 0 Å². The molecule has 0 spiro atoms. The molecule has 1 atom stereocenters. The van der Waals surface area contributed by atoms with Crippen molar-refractivity contribution in [2.24, 2.45) is 0 Å². The third-order valence-electron chi connectivity index (χ3n) is 1.40. The minimum absolute atomic E-state index is 0.274. The van der Waals surface area contributed by atoms with E-state index in [4.69, 9.17) is 15.9 Å². The van der Waals surface area contributed by atoms with Crippen molar-refractivity contribution in [3.8, 4) is 12.3 Å². The van der Waals surface area contributed by atoms with E-state index in [0.717, 1.165) is 0 Å². The van der Waals surface area contributed by atoms with Crippen LogP contribution in [0.3, 0.4) is 0 Å². The minimum Gasteiger partial charge on any atom is -0.378 e. The maximum Gasteiger partial charge on any atom is 0.160 e. The summed E-state index contributed by atoms with van der Waals surface area (Å²) in [4.78, 5) is 0. The normalized spacial score (nSPS) is 16.0. The number of hydrogen-bond donors (Lipinski definition) is 1. The summed E-state index contributed by atoms with van der Waals surface area (Å²) in [6, 6.07) is 0. The van der Waals surface area contributed by atoms with Gasteiger partial charge in [0.25, 0.3) is 0 Å². The zero-order chi connectivity index (χ0) is 8.91. The smallest absolute Gasteiger partial charge is 0.160 e. The Morgan fingerprint density at radius 3 is 2.27 bits per heavy atom. The van der Waals surface area contributed by atoms with Gasteiger partial charge < -0.3 is 14.6 Å². The Morgan fingerprint density at radius 2 is 2.00 bits per heavy atom. The molecule has 0 fully saturated rings. The van der Waals surface area contributed by atoms with E-state index < -0.39 is 11.9 Å².